The molecule has 3 saturated carbocycles. The third-order valence-electron chi connectivity index (χ3n) is 11.3. The molecule has 0 aromatic rings. The van der Waals surface area contributed by atoms with Gasteiger partial charge in [-0.3, -0.25) is 14.4 Å². The predicted molar refractivity (Wildman–Crippen MR) is 249 cm³/mol. The van der Waals surface area contributed by atoms with Crippen LogP contribution in [-0.4, -0.2) is 107 Å². The van der Waals surface area contributed by atoms with E-state index in [1.807, 2.05) is 21.1 Å². The van der Waals surface area contributed by atoms with Gasteiger partial charge < -0.3 is 35.8 Å². The zero-order valence-corrected chi connectivity index (χ0v) is 35.2. The molecule has 4 fully saturated rings. The minimum atomic E-state index is 0. The van der Waals surface area contributed by atoms with Gasteiger partial charge in [-0.15, -0.1) is 0 Å². The van der Waals surface area contributed by atoms with Crippen molar-refractivity contribution < 1.29 is 24.0 Å². The summed E-state index contributed by atoms with van der Waals surface area (Å²) in [5, 5.41) is 12.5. The van der Waals surface area contributed by atoms with E-state index in [9.17, 15) is 24.0 Å². The molecule has 0 spiro atoms. The summed E-state index contributed by atoms with van der Waals surface area (Å²) in [6.07, 6.45) is 18.1. The van der Waals surface area contributed by atoms with Crippen LogP contribution >= 0.6 is 0 Å². The molecule has 10 nitrogen and oxygen atoms in total. The Kier molecular flexibility index (Phi) is 48.0. The average Bonchev–Trinajstić information content (AvgIpc) is 3.11. The van der Waals surface area contributed by atoms with Crippen molar-refractivity contribution in [1.82, 2.24) is 26.2 Å². The summed E-state index contributed by atoms with van der Waals surface area (Å²) in [7, 11) is 9.91. The van der Waals surface area contributed by atoms with E-state index >= 15 is 0 Å². The molecule has 0 aromatic heterocycles. The van der Waals surface area contributed by atoms with Crippen LogP contribution in [-0.2, 0) is 24.0 Å². The summed E-state index contributed by atoms with van der Waals surface area (Å²) in [5.41, 5.74) is 0. The van der Waals surface area contributed by atoms with Crippen LogP contribution in [0, 0.1) is 29.6 Å². The number of hydrogen-bond donors (Lipinski definition) is 4. The summed E-state index contributed by atoms with van der Waals surface area (Å²) in [4.78, 5) is 56.0. The van der Waals surface area contributed by atoms with Crippen LogP contribution in [0.25, 0.3) is 0 Å². The zero-order chi connectivity index (χ0) is 39.5. The molecule has 1 aliphatic heterocycles. The molecular formula is C47H101N5O5. The van der Waals surface area contributed by atoms with Crippen molar-refractivity contribution in [2.75, 3.05) is 61.4 Å². The van der Waals surface area contributed by atoms with Crippen LogP contribution in [0.1, 0.15) is 174 Å². The van der Waals surface area contributed by atoms with Gasteiger partial charge in [0.1, 0.15) is 28.9 Å². The second-order valence-corrected chi connectivity index (χ2v) is 16.1. The average molecular weight is 816 g/mol. The smallest absolute Gasteiger partial charge is 0.143 e. The van der Waals surface area contributed by atoms with Crippen LogP contribution in [0.4, 0.5) is 0 Å². The number of rotatable bonds is 12. The summed E-state index contributed by atoms with van der Waals surface area (Å²) in [5.74, 6) is 4.52. The zero-order valence-electron chi connectivity index (χ0n) is 35.2. The SMILES string of the molecule is C.C.C.C.C.CC(=O)CC1CCN(C)CC1.CNC1CCC(C(C)=O)CC1.CNC1CCC(CC(C)=O)CC1.CNCC(C)=O.CNCC1CCC(C(C)=O)CC1. The predicted octanol–water partition coefficient (Wildman–Crippen LogP) is 8.98. The minimum Gasteiger partial charge on any atom is -0.319 e. The number of piperidine rings is 1. The van der Waals surface area contributed by atoms with Crippen molar-refractivity contribution >= 4 is 28.9 Å². The minimum absolute atomic E-state index is 0. The molecule has 4 rings (SSSR count). The number of carbonyl (C=O) groups excluding carboxylic acids is 5. The van der Waals surface area contributed by atoms with Crippen molar-refractivity contribution in [3.05, 3.63) is 0 Å². The molecule has 344 valence electrons. The summed E-state index contributed by atoms with van der Waals surface area (Å²) in [6, 6.07) is 1.36. The largest absolute Gasteiger partial charge is 0.319 e. The van der Waals surface area contributed by atoms with Crippen LogP contribution in [0.3, 0.4) is 0 Å². The van der Waals surface area contributed by atoms with Crippen molar-refractivity contribution in [1.29, 1.82) is 0 Å². The van der Waals surface area contributed by atoms with Crippen LogP contribution < -0.4 is 21.3 Å². The lowest BCUT2D eigenvalue weighted by Crippen LogP contribution is -2.31. The number of Topliss-reactive ketones (excluding diaryl/α,β-unsaturated/α-hetero) is 5. The maximum absolute atomic E-state index is 11.0. The third-order valence-corrected chi connectivity index (χ3v) is 11.3. The molecule has 1 heterocycles. The van der Waals surface area contributed by atoms with E-state index in [-0.39, 0.29) is 42.9 Å². The van der Waals surface area contributed by atoms with Crippen LogP contribution in [0.2, 0.25) is 0 Å². The lowest BCUT2D eigenvalue weighted by molar-refractivity contribution is -0.122. The number of nitrogens with zero attached hydrogens (tertiary/aromatic N) is 1. The van der Waals surface area contributed by atoms with Crippen molar-refractivity contribution in [3.63, 3.8) is 0 Å². The Labute approximate surface area is 355 Å². The molecule has 10 heteroatoms. The number of likely N-dealkylation sites (tertiary alicyclic amines) is 1. The van der Waals surface area contributed by atoms with E-state index in [1.54, 1.807) is 41.7 Å². The van der Waals surface area contributed by atoms with E-state index in [0.29, 0.717) is 65.4 Å². The fraction of sp³-hybridized carbons (Fsp3) is 0.894. The number of likely N-dealkylation sites (N-methyl/N-ethyl adjacent to an activating group) is 1. The molecule has 0 unspecified atom stereocenters. The first-order valence-corrected chi connectivity index (χ1v) is 20.5. The number of hydrogen-bond acceptors (Lipinski definition) is 10. The Morgan fingerprint density at radius 3 is 1.07 bits per heavy atom. The Morgan fingerprint density at radius 2 is 0.789 bits per heavy atom. The Balaban J connectivity index is -0.000000141. The standard InChI is InChI=1S/2C10H19NO.2C9H17NO.C4H9NO.5CH4/c1-8(12)10-5-3-9(4-6-10)7-11-2;1-8(12)7-9-3-5-10(11-2)6-4-9;1-8(11)7-9-3-5-10(2)6-4-9;1-7(11)8-3-5-9(10-2)6-4-8;1-4(6)3-5-2;;;;;/h2*9-11H,3-7H2,1-2H3;9H,3-7H2,1-2H3;8-10H,3-6H2,1-2H3;5H,3H2,1-2H3;5*1H4. The summed E-state index contributed by atoms with van der Waals surface area (Å²) in [6.45, 7) is 12.3. The Morgan fingerprint density at radius 1 is 0.456 bits per heavy atom. The van der Waals surface area contributed by atoms with E-state index in [4.69, 9.17) is 0 Å². The van der Waals surface area contributed by atoms with Gasteiger partial charge >= 0.3 is 0 Å². The van der Waals surface area contributed by atoms with Crippen molar-refractivity contribution in [3.8, 4) is 0 Å². The molecule has 57 heavy (non-hydrogen) atoms. The second kappa shape index (κ2) is 40.9. The van der Waals surface area contributed by atoms with Gasteiger partial charge in [0.25, 0.3) is 0 Å². The monoisotopic (exact) mass is 816 g/mol. The normalized spacial score (nSPS) is 24.0. The first-order chi connectivity index (χ1) is 24.6. The molecule has 0 bridgehead atoms. The topological polar surface area (TPSA) is 137 Å². The van der Waals surface area contributed by atoms with Gasteiger partial charge in [-0.25, -0.2) is 0 Å². The molecule has 4 N–H and O–H groups in total. The van der Waals surface area contributed by atoms with Gasteiger partial charge in [0.05, 0.1) is 6.54 Å². The van der Waals surface area contributed by atoms with Crippen LogP contribution in [0.5, 0.6) is 0 Å². The van der Waals surface area contributed by atoms with Gasteiger partial charge in [-0.1, -0.05) is 37.1 Å². The fourth-order valence-corrected chi connectivity index (χ4v) is 7.83. The maximum Gasteiger partial charge on any atom is 0.143 e. The highest BCUT2D eigenvalue weighted by Gasteiger charge is 2.24. The molecule has 3 aliphatic carbocycles. The molecule has 4 aliphatic rings. The van der Waals surface area contributed by atoms with Gasteiger partial charge in [0.2, 0.25) is 0 Å². The Hall–Kier alpha value is -1.85. The van der Waals surface area contributed by atoms with Crippen molar-refractivity contribution in [2.45, 2.75) is 187 Å². The van der Waals surface area contributed by atoms with E-state index < -0.39 is 0 Å². The first kappa shape index (κ1) is 66.9. The molecule has 0 atom stereocenters. The third kappa shape index (κ3) is 35.8. The number of ketones is 5. The molecule has 0 amide bonds. The van der Waals surface area contributed by atoms with Gasteiger partial charge in [-0.2, -0.15) is 0 Å². The highest BCUT2D eigenvalue weighted by Crippen LogP contribution is 2.29. The van der Waals surface area contributed by atoms with Gasteiger partial charge in [-0.05, 0) is 197 Å². The molecule has 0 aromatic carbocycles. The molecular weight excluding hydrogens is 715 g/mol. The Bertz CT molecular complexity index is 977. The van der Waals surface area contributed by atoms with Gasteiger partial charge in [0.15, 0.2) is 0 Å². The number of nitrogens with one attached hydrogen (secondary N) is 4. The quantitative estimate of drug-likeness (QED) is 0.151. The lowest BCUT2D eigenvalue weighted by atomic mass is 9.80. The van der Waals surface area contributed by atoms with Crippen LogP contribution in [0.15, 0.2) is 0 Å². The molecule has 1 saturated heterocycles. The summed E-state index contributed by atoms with van der Waals surface area (Å²) < 4.78 is 0. The van der Waals surface area contributed by atoms with E-state index in [0.717, 1.165) is 64.1 Å². The number of carbonyl (C=O) groups is 5. The van der Waals surface area contributed by atoms with E-state index in [2.05, 4.69) is 33.2 Å². The van der Waals surface area contributed by atoms with Gasteiger partial charge in [0, 0.05) is 36.8 Å². The van der Waals surface area contributed by atoms with Crippen molar-refractivity contribution in [2.24, 2.45) is 29.6 Å². The highest BCUT2D eigenvalue weighted by atomic mass is 16.1. The molecule has 0 radical (unpaired) electrons. The van der Waals surface area contributed by atoms with E-state index in [1.165, 1.54) is 64.2 Å². The fourth-order valence-electron chi connectivity index (χ4n) is 7.83. The first-order valence-electron chi connectivity index (χ1n) is 20.5. The highest BCUT2D eigenvalue weighted by molar-refractivity contribution is 5.79. The second-order valence-electron chi connectivity index (χ2n) is 16.1. The lowest BCUT2D eigenvalue weighted by Gasteiger charge is -2.28. The maximum atomic E-state index is 11.0. The summed E-state index contributed by atoms with van der Waals surface area (Å²) >= 11 is 0.